The average Bonchev–Trinajstić information content (AvgIpc) is 2.54. The summed E-state index contributed by atoms with van der Waals surface area (Å²) in [6, 6.07) is 14.2. The van der Waals surface area contributed by atoms with Gasteiger partial charge in [0.25, 0.3) is 5.69 Å². The molecule has 0 heterocycles. The Morgan fingerprint density at radius 2 is 1.84 bits per heavy atom. The highest BCUT2D eigenvalue weighted by Crippen LogP contribution is 2.28. The van der Waals surface area contributed by atoms with Crippen molar-refractivity contribution in [3.05, 3.63) is 64.2 Å². The molecule has 0 aromatic heterocycles. The maximum Gasteiger partial charge on any atom is 0.407 e. The highest BCUT2D eigenvalue weighted by Gasteiger charge is 2.16. The molecule has 1 amide bonds. The van der Waals surface area contributed by atoms with Crippen LogP contribution in [0.2, 0.25) is 0 Å². The monoisotopic (exact) mass is 342 g/mol. The summed E-state index contributed by atoms with van der Waals surface area (Å²) in [5.74, 6) is 0. The van der Waals surface area contributed by atoms with E-state index >= 15 is 0 Å². The van der Waals surface area contributed by atoms with Gasteiger partial charge in [0.15, 0.2) is 0 Å². The van der Waals surface area contributed by atoms with Crippen LogP contribution in [0.25, 0.3) is 11.1 Å². The van der Waals surface area contributed by atoms with Crippen LogP contribution in [0.5, 0.6) is 0 Å². The molecule has 0 saturated carbocycles. The van der Waals surface area contributed by atoms with Crippen molar-refractivity contribution in [1.82, 2.24) is 5.32 Å². The van der Waals surface area contributed by atoms with Crippen LogP contribution >= 0.6 is 0 Å². The molecule has 25 heavy (non-hydrogen) atoms. The van der Waals surface area contributed by atoms with E-state index < -0.39 is 11.0 Å². The van der Waals surface area contributed by atoms with Gasteiger partial charge >= 0.3 is 6.09 Å². The number of carbonyl (C=O) groups excluding carboxylic acids is 1. The van der Waals surface area contributed by atoms with Gasteiger partial charge in [-0.25, -0.2) is 4.79 Å². The predicted octanol–water partition coefficient (Wildman–Crippen LogP) is 4.33. The standard InChI is InChI=1S/C19H22N2O4/c1-19(2,3)20-18(22)25-12-11-15-9-10-16(21(23)24)13-17(15)14-7-5-4-6-8-14/h4-10,13H,11-12H2,1-3H3,(H,20,22). The fourth-order valence-corrected chi connectivity index (χ4v) is 2.38. The first-order valence-electron chi connectivity index (χ1n) is 8.04. The van der Waals surface area contributed by atoms with E-state index in [4.69, 9.17) is 4.74 Å². The second-order valence-electron chi connectivity index (χ2n) is 6.73. The van der Waals surface area contributed by atoms with E-state index in [0.29, 0.717) is 6.42 Å². The maximum absolute atomic E-state index is 11.7. The fraction of sp³-hybridized carbons (Fsp3) is 0.316. The lowest BCUT2D eigenvalue weighted by molar-refractivity contribution is -0.384. The van der Waals surface area contributed by atoms with Crippen molar-refractivity contribution in [3.8, 4) is 11.1 Å². The number of nitro groups is 1. The van der Waals surface area contributed by atoms with Crippen LogP contribution in [0.15, 0.2) is 48.5 Å². The van der Waals surface area contributed by atoms with Crippen molar-refractivity contribution in [2.24, 2.45) is 0 Å². The third-order valence-corrected chi connectivity index (χ3v) is 3.47. The Balaban J connectivity index is 2.15. The lowest BCUT2D eigenvalue weighted by Gasteiger charge is -2.20. The third-order valence-electron chi connectivity index (χ3n) is 3.47. The SMILES string of the molecule is CC(C)(C)NC(=O)OCCc1ccc([N+](=O)[O-])cc1-c1ccccc1. The Hall–Kier alpha value is -2.89. The van der Waals surface area contributed by atoms with Gasteiger partial charge in [0.05, 0.1) is 11.5 Å². The maximum atomic E-state index is 11.7. The van der Waals surface area contributed by atoms with E-state index in [0.717, 1.165) is 16.7 Å². The zero-order chi connectivity index (χ0) is 18.4. The zero-order valence-electron chi connectivity index (χ0n) is 14.6. The predicted molar refractivity (Wildman–Crippen MR) is 96.5 cm³/mol. The second-order valence-corrected chi connectivity index (χ2v) is 6.73. The molecule has 0 radical (unpaired) electrons. The molecule has 0 fully saturated rings. The summed E-state index contributed by atoms with van der Waals surface area (Å²) < 4.78 is 5.21. The van der Waals surface area contributed by atoms with Gasteiger partial charge in [-0.05, 0) is 37.5 Å². The van der Waals surface area contributed by atoms with Crippen molar-refractivity contribution in [3.63, 3.8) is 0 Å². The summed E-state index contributed by atoms with van der Waals surface area (Å²) in [6.45, 7) is 5.81. The average molecular weight is 342 g/mol. The second kappa shape index (κ2) is 7.79. The first kappa shape index (κ1) is 18.4. The van der Waals surface area contributed by atoms with Crippen molar-refractivity contribution >= 4 is 11.8 Å². The van der Waals surface area contributed by atoms with E-state index in [1.807, 2.05) is 51.1 Å². The molecule has 0 spiro atoms. The largest absolute Gasteiger partial charge is 0.449 e. The molecule has 0 atom stereocenters. The fourth-order valence-electron chi connectivity index (χ4n) is 2.38. The summed E-state index contributed by atoms with van der Waals surface area (Å²) in [6.07, 6.45) is -0.00422. The molecule has 0 saturated heterocycles. The van der Waals surface area contributed by atoms with Crippen LogP contribution in [0.4, 0.5) is 10.5 Å². The van der Waals surface area contributed by atoms with E-state index in [2.05, 4.69) is 5.32 Å². The highest BCUT2D eigenvalue weighted by atomic mass is 16.6. The van der Waals surface area contributed by atoms with E-state index in [9.17, 15) is 14.9 Å². The first-order chi connectivity index (χ1) is 11.8. The third kappa shape index (κ3) is 5.60. The van der Waals surface area contributed by atoms with E-state index in [1.54, 1.807) is 12.1 Å². The number of hydrogen-bond acceptors (Lipinski definition) is 4. The Kier molecular flexibility index (Phi) is 5.75. The molecule has 6 nitrogen and oxygen atoms in total. The molecule has 2 aromatic rings. The van der Waals surface area contributed by atoms with Gasteiger partial charge in [-0.1, -0.05) is 36.4 Å². The summed E-state index contributed by atoms with van der Waals surface area (Å²) in [4.78, 5) is 22.4. The van der Waals surface area contributed by atoms with Gasteiger partial charge in [-0.3, -0.25) is 10.1 Å². The van der Waals surface area contributed by atoms with Crippen LogP contribution in [0.1, 0.15) is 26.3 Å². The highest BCUT2D eigenvalue weighted by molar-refractivity contribution is 5.70. The van der Waals surface area contributed by atoms with Crippen molar-refractivity contribution < 1.29 is 14.5 Å². The minimum Gasteiger partial charge on any atom is -0.449 e. The van der Waals surface area contributed by atoms with Crippen molar-refractivity contribution in [2.45, 2.75) is 32.7 Å². The number of nitrogens with one attached hydrogen (secondary N) is 1. The molecule has 0 aliphatic carbocycles. The molecule has 0 unspecified atom stereocenters. The van der Waals surface area contributed by atoms with Crippen LogP contribution in [0, 0.1) is 10.1 Å². The lowest BCUT2D eigenvalue weighted by Crippen LogP contribution is -2.41. The molecule has 0 bridgehead atoms. The zero-order valence-corrected chi connectivity index (χ0v) is 14.6. The number of amides is 1. The summed E-state index contributed by atoms with van der Waals surface area (Å²) in [5.41, 5.74) is 2.23. The normalized spacial score (nSPS) is 11.0. The minimum absolute atomic E-state index is 0.0361. The molecule has 132 valence electrons. The van der Waals surface area contributed by atoms with Crippen LogP contribution < -0.4 is 5.32 Å². The lowest BCUT2D eigenvalue weighted by atomic mass is 9.97. The van der Waals surface area contributed by atoms with Crippen LogP contribution in [-0.2, 0) is 11.2 Å². The number of non-ortho nitro benzene ring substituents is 1. The summed E-state index contributed by atoms with van der Waals surface area (Å²) >= 11 is 0. The number of ether oxygens (including phenoxy) is 1. The van der Waals surface area contributed by atoms with Gasteiger partial charge in [-0.2, -0.15) is 0 Å². The molecule has 1 N–H and O–H groups in total. The number of rotatable bonds is 5. The first-order valence-corrected chi connectivity index (χ1v) is 8.04. The summed E-state index contributed by atoms with van der Waals surface area (Å²) in [7, 11) is 0. The molecular weight excluding hydrogens is 320 g/mol. The molecule has 2 rings (SSSR count). The quantitative estimate of drug-likeness (QED) is 0.648. The Bertz CT molecular complexity index is 752. The number of alkyl carbamates (subject to hydrolysis) is 1. The number of nitrogens with zero attached hydrogens (tertiary/aromatic N) is 1. The Morgan fingerprint density at radius 3 is 2.44 bits per heavy atom. The van der Waals surface area contributed by atoms with Crippen molar-refractivity contribution in [1.29, 1.82) is 0 Å². The number of benzene rings is 2. The van der Waals surface area contributed by atoms with Gasteiger partial charge in [0, 0.05) is 24.1 Å². The molecular formula is C19H22N2O4. The van der Waals surface area contributed by atoms with Crippen LogP contribution in [-0.4, -0.2) is 23.2 Å². The number of nitro benzene ring substituents is 1. The van der Waals surface area contributed by atoms with Gasteiger partial charge in [-0.15, -0.1) is 0 Å². The van der Waals surface area contributed by atoms with Gasteiger partial charge < -0.3 is 10.1 Å². The molecule has 6 heteroatoms. The summed E-state index contributed by atoms with van der Waals surface area (Å²) in [5, 5.41) is 13.8. The number of carbonyl (C=O) groups is 1. The molecule has 2 aromatic carbocycles. The van der Waals surface area contributed by atoms with E-state index in [1.165, 1.54) is 6.07 Å². The smallest absolute Gasteiger partial charge is 0.407 e. The van der Waals surface area contributed by atoms with Gasteiger partial charge in [0.1, 0.15) is 0 Å². The van der Waals surface area contributed by atoms with E-state index in [-0.39, 0.29) is 17.8 Å². The van der Waals surface area contributed by atoms with Crippen LogP contribution in [0.3, 0.4) is 0 Å². The topological polar surface area (TPSA) is 81.5 Å². The molecule has 0 aliphatic rings. The Labute approximate surface area is 147 Å². The van der Waals surface area contributed by atoms with Crippen molar-refractivity contribution in [2.75, 3.05) is 6.61 Å². The molecule has 0 aliphatic heterocycles. The minimum atomic E-state index is -0.476. The number of hydrogen-bond donors (Lipinski definition) is 1. The Morgan fingerprint density at radius 1 is 1.16 bits per heavy atom. The van der Waals surface area contributed by atoms with Gasteiger partial charge in [0.2, 0.25) is 0 Å².